The fourth-order valence-corrected chi connectivity index (χ4v) is 3.60. The van der Waals surface area contributed by atoms with Crippen molar-refractivity contribution in [2.75, 3.05) is 24.5 Å². The van der Waals surface area contributed by atoms with Crippen molar-refractivity contribution < 1.29 is 4.79 Å². The highest BCUT2D eigenvalue weighted by Crippen LogP contribution is 2.26. The molecule has 0 radical (unpaired) electrons. The molecular formula is C19H25IN4OS. The van der Waals surface area contributed by atoms with E-state index >= 15 is 0 Å². The number of nitrogens with zero attached hydrogens (tertiary/aromatic N) is 2. The summed E-state index contributed by atoms with van der Waals surface area (Å²) in [5.41, 5.74) is 2.28. The van der Waals surface area contributed by atoms with E-state index in [0.717, 1.165) is 31.6 Å². The Balaban J connectivity index is 0.00000243. The predicted molar refractivity (Wildman–Crippen MR) is 120 cm³/mol. The molecule has 0 atom stereocenters. The van der Waals surface area contributed by atoms with Gasteiger partial charge in [0.25, 0.3) is 0 Å². The number of halogens is 1. The lowest BCUT2D eigenvalue weighted by Crippen LogP contribution is -2.40. The summed E-state index contributed by atoms with van der Waals surface area (Å²) in [4.78, 5) is 20.2. The van der Waals surface area contributed by atoms with Gasteiger partial charge in [-0.1, -0.05) is 24.3 Å². The minimum Gasteiger partial charge on any atom is -0.357 e. The zero-order valence-corrected chi connectivity index (χ0v) is 18.1. The highest BCUT2D eigenvalue weighted by atomic mass is 127. The van der Waals surface area contributed by atoms with Crippen LogP contribution in [0, 0.1) is 0 Å². The number of fused-ring (bicyclic) bond motifs is 1. The minimum absolute atomic E-state index is 0. The molecule has 2 heterocycles. The molecule has 2 aromatic rings. The number of rotatable bonds is 5. The number of aryl methyl sites for hydroxylation is 1. The van der Waals surface area contributed by atoms with Crippen LogP contribution >= 0.6 is 35.3 Å². The summed E-state index contributed by atoms with van der Waals surface area (Å²) < 4.78 is 0. The smallest absolute Gasteiger partial charge is 0.248 e. The Kier molecular flexibility index (Phi) is 8.37. The molecule has 0 saturated carbocycles. The third-order valence-corrected chi connectivity index (χ3v) is 5.01. The topological polar surface area (TPSA) is 56.7 Å². The number of carbonyl (C=O) groups excluding carboxylic acids is 1. The Labute approximate surface area is 175 Å². The molecule has 140 valence electrons. The number of aliphatic imine (C=N–C) groups is 1. The number of anilines is 1. The summed E-state index contributed by atoms with van der Waals surface area (Å²) in [6.45, 7) is 4.41. The number of para-hydroxylation sites is 1. The van der Waals surface area contributed by atoms with Gasteiger partial charge in [-0.2, -0.15) is 0 Å². The molecule has 7 heteroatoms. The average Bonchev–Trinajstić information content (AvgIpc) is 3.17. The van der Waals surface area contributed by atoms with E-state index in [9.17, 15) is 4.79 Å². The van der Waals surface area contributed by atoms with E-state index in [4.69, 9.17) is 0 Å². The van der Waals surface area contributed by atoms with E-state index in [1.165, 1.54) is 10.4 Å². The first-order chi connectivity index (χ1) is 12.3. The molecule has 1 amide bonds. The zero-order chi connectivity index (χ0) is 17.5. The van der Waals surface area contributed by atoms with Crippen molar-refractivity contribution in [2.45, 2.75) is 26.3 Å². The van der Waals surface area contributed by atoms with Gasteiger partial charge in [-0.05, 0) is 42.8 Å². The van der Waals surface area contributed by atoms with Crippen molar-refractivity contribution in [3.05, 3.63) is 52.2 Å². The molecule has 0 fully saturated rings. The third kappa shape index (κ3) is 5.44. The van der Waals surface area contributed by atoms with Crippen LogP contribution in [0.4, 0.5) is 5.69 Å². The summed E-state index contributed by atoms with van der Waals surface area (Å²) in [5, 5.41) is 8.53. The molecule has 1 aromatic carbocycles. The summed E-state index contributed by atoms with van der Waals surface area (Å²) in [6, 6.07) is 12.3. The van der Waals surface area contributed by atoms with E-state index in [1.54, 1.807) is 11.3 Å². The number of hydrogen-bond donors (Lipinski definition) is 2. The molecule has 0 bridgehead atoms. The SMILES string of the molecule is CCNC(=NCC(=O)N1CCCc2ccccc21)NCc1cccs1.I. The minimum atomic E-state index is 0. The maximum atomic E-state index is 12.7. The maximum Gasteiger partial charge on any atom is 0.248 e. The molecule has 0 saturated heterocycles. The molecule has 0 spiro atoms. The molecule has 3 rings (SSSR count). The first-order valence-corrected chi connectivity index (χ1v) is 9.58. The van der Waals surface area contributed by atoms with Crippen molar-refractivity contribution in [3.63, 3.8) is 0 Å². The molecule has 5 nitrogen and oxygen atoms in total. The van der Waals surface area contributed by atoms with Crippen LogP contribution in [0.2, 0.25) is 0 Å². The van der Waals surface area contributed by atoms with Gasteiger partial charge in [0.15, 0.2) is 5.96 Å². The molecule has 1 aliphatic rings. The van der Waals surface area contributed by atoms with Crippen LogP contribution in [0.1, 0.15) is 23.8 Å². The largest absolute Gasteiger partial charge is 0.357 e. The lowest BCUT2D eigenvalue weighted by atomic mass is 10.0. The molecule has 1 aliphatic heterocycles. The molecule has 2 N–H and O–H groups in total. The normalized spacial score (nSPS) is 13.6. The van der Waals surface area contributed by atoms with Gasteiger partial charge in [-0.25, -0.2) is 4.99 Å². The van der Waals surface area contributed by atoms with Crippen LogP contribution < -0.4 is 15.5 Å². The van der Waals surface area contributed by atoms with E-state index in [2.05, 4.69) is 33.1 Å². The lowest BCUT2D eigenvalue weighted by Gasteiger charge is -2.29. The summed E-state index contributed by atoms with van der Waals surface area (Å²) in [7, 11) is 0. The van der Waals surface area contributed by atoms with Gasteiger partial charge >= 0.3 is 0 Å². The van der Waals surface area contributed by atoms with Crippen molar-refractivity contribution in [1.82, 2.24) is 10.6 Å². The van der Waals surface area contributed by atoms with Gasteiger partial charge in [-0.15, -0.1) is 35.3 Å². The fraction of sp³-hybridized carbons (Fsp3) is 0.368. The third-order valence-electron chi connectivity index (χ3n) is 4.14. The number of hydrogen-bond acceptors (Lipinski definition) is 3. The second-order valence-electron chi connectivity index (χ2n) is 5.91. The van der Waals surface area contributed by atoms with Crippen molar-refractivity contribution in [1.29, 1.82) is 0 Å². The standard InChI is InChI=1S/C19H24N4OS.HI/c1-2-20-19(21-13-16-9-6-12-25-16)22-14-18(24)23-11-5-8-15-7-3-4-10-17(15)23;/h3-4,6-7,9-10,12H,2,5,8,11,13-14H2,1H3,(H2,20,21,22);1H. The van der Waals surface area contributed by atoms with Gasteiger partial charge in [0.2, 0.25) is 5.91 Å². The highest BCUT2D eigenvalue weighted by Gasteiger charge is 2.21. The van der Waals surface area contributed by atoms with Gasteiger partial charge < -0.3 is 15.5 Å². The Bertz CT molecular complexity index is 733. The van der Waals surface area contributed by atoms with Crippen LogP contribution in [0.5, 0.6) is 0 Å². The Hall–Kier alpha value is -1.61. The molecule has 0 unspecified atom stereocenters. The molecule has 26 heavy (non-hydrogen) atoms. The number of guanidine groups is 1. The highest BCUT2D eigenvalue weighted by molar-refractivity contribution is 14.0. The fourth-order valence-electron chi connectivity index (χ4n) is 2.95. The van der Waals surface area contributed by atoms with E-state index in [-0.39, 0.29) is 36.4 Å². The van der Waals surface area contributed by atoms with E-state index < -0.39 is 0 Å². The molecule has 0 aliphatic carbocycles. The van der Waals surface area contributed by atoms with Crippen LogP contribution in [-0.4, -0.2) is 31.5 Å². The van der Waals surface area contributed by atoms with Crippen LogP contribution in [0.15, 0.2) is 46.8 Å². The summed E-state index contributed by atoms with van der Waals surface area (Å²) in [6.07, 6.45) is 2.04. The number of nitrogens with one attached hydrogen (secondary N) is 2. The first-order valence-electron chi connectivity index (χ1n) is 8.70. The lowest BCUT2D eigenvalue weighted by molar-refractivity contribution is -0.117. The Morgan fingerprint density at radius 2 is 2.08 bits per heavy atom. The molecular weight excluding hydrogens is 459 g/mol. The van der Waals surface area contributed by atoms with Crippen LogP contribution in [0.3, 0.4) is 0 Å². The van der Waals surface area contributed by atoms with Crippen LogP contribution in [-0.2, 0) is 17.8 Å². The summed E-state index contributed by atoms with van der Waals surface area (Å²) >= 11 is 1.70. The van der Waals surface area contributed by atoms with Crippen molar-refractivity contribution >= 4 is 52.9 Å². The first kappa shape index (κ1) is 20.7. The van der Waals surface area contributed by atoms with Crippen molar-refractivity contribution in [3.8, 4) is 0 Å². The van der Waals surface area contributed by atoms with E-state index in [1.807, 2.05) is 36.1 Å². The van der Waals surface area contributed by atoms with Gasteiger partial charge in [-0.3, -0.25) is 4.79 Å². The monoisotopic (exact) mass is 484 g/mol. The predicted octanol–water partition coefficient (Wildman–Crippen LogP) is 3.40. The summed E-state index contributed by atoms with van der Waals surface area (Å²) in [5.74, 6) is 0.718. The number of thiophene rings is 1. The van der Waals surface area contributed by atoms with E-state index in [0.29, 0.717) is 12.5 Å². The quantitative estimate of drug-likeness (QED) is 0.389. The molecule has 1 aromatic heterocycles. The Morgan fingerprint density at radius 1 is 1.23 bits per heavy atom. The second-order valence-corrected chi connectivity index (χ2v) is 6.94. The van der Waals surface area contributed by atoms with Crippen LogP contribution in [0.25, 0.3) is 0 Å². The number of benzene rings is 1. The van der Waals surface area contributed by atoms with Gasteiger partial charge in [0.05, 0.1) is 6.54 Å². The Morgan fingerprint density at radius 3 is 2.85 bits per heavy atom. The van der Waals surface area contributed by atoms with Gasteiger partial charge in [0, 0.05) is 23.7 Å². The van der Waals surface area contributed by atoms with Gasteiger partial charge in [0.1, 0.15) is 6.54 Å². The van der Waals surface area contributed by atoms with Crippen molar-refractivity contribution in [2.24, 2.45) is 4.99 Å². The number of amides is 1. The average molecular weight is 484 g/mol. The second kappa shape index (κ2) is 10.5. The maximum absolute atomic E-state index is 12.7. The zero-order valence-electron chi connectivity index (χ0n) is 14.9. The number of carbonyl (C=O) groups is 1.